The van der Waals surface area contributed by atoms with E-state index in [1.807, 2.05) is 18.2 Å². The van der Waals surface area contributed by atoms with Crippen molar-refractivity contribution in [3.05, 3.63) is 52.4 Å². The summed E-state index contributed by atoms with van der Waals surface area (Å²) in [6, 6.07) is 10.8. The SMILES string of the molecule is COC(=O)c1c(-c2cc(OC)c(OC)c(OC)c2)c2ccccc2c(=O)n1C1CC1. The first kappa shape index (κ1) is 19.8. The molecule has 1 heterocycles. The molecule has 3 aromatic rings. The van der Waals surface area contributed by atoms with Crippen LogP contribution in [-0.2, 0) is 4.74 Å². The van der Waals surface area contributed by atoms with E-state index in [1.165, 1.54) is 28.4 Å². The Kier molecular flexibility index (Phi) is 5.11. The smallest absolute Gasteiger partial charge is 0.355 e. The molecule has 4 rings (SSSR count). The van der Waals surface area contributed by atoms with E-state index in [4.69, 9.17) is 18.9 Å². The van der Waals surface area contributed by atoms with Gasteiger partial charge in [0.15, 0.2) is 11.5 Å². The minimum atomic E-state index is -0.562. The van der Waals surface area contributed by atoms with Crippen molar-refractivity contribution < 1.29 is 23.7 Å². The van der Waals surface area contributed by atoms with Gasteiger partial charge >= 0.3 is 5.97 Å². The Bertz CT molecular complexity index is 1170. The van der Waals surface area contributed by atoms with Gasteiger partial charge in [-0.15, -0.1) is 0 Å². The average Bonchev–Trinajstić information content (AvgIpc) is 3.62. The normalized spacial score (nSPS) is 13.2. The summed E-state index contributed by atoms with van der Waals surface area (Å²) in [7, 11) is 5.91. The number of carbonyl (C=O) groups is 1. The van der Waals surface area contributed by atoms with E-state index < -0.39 is 5.97 Å². The van der Waals surface area contributed by atoms with Crippen molar-refractivity contribution in [1.29, 1.82) is 0 Å². The summed E-state index contributed by atoms with van der Waals surface area (Å²) in [4.78, 5) is 26.2. The van der Waals surface area contributed by atoms with Gasteiger partial charge in [0.2, 0.25) is 5.75 Å². The molecule has 156 valence electrons. The Balaban J connectivity index is 2.17. The van der Waals surface area contributed by atoms with Crippen molar-refractivity contribution in [1.82, 2.24) is 4.57 Å². The van der Waals surface area contributed by atoms with Gasteiger partial charge in [0.25, 0.3) is 5.56 Å². The summed E-state index contributed by atoms with van der Waals surface area (Å²) in [5, 5.41) is 1.20. The predicted molar refractivity (Wildman–Crippen MR) is 113 cm³/mol. The van der Waals surface area contributed by atoms with Crippen LogP contribution in [0, 0.1) is 0 Å². The van der Waals surface area contributed by atoms with Gasteiger partial charge in [-0.05, 0) is 42.0 Å². The zero-order valence-corrected chi connectivity index (χ0v) is 17.4. The molecule has 0 N–H and O–H groups in total. The van der Waals surface area contributed by atoms with Crippen molar-refractivity contribution in [3.63, 3.8) is 0 Å². The fraction of sp³-hybridized carbons (Fsp3) is 0.304. The molecule has 0 radical (unpaired) electrons. The molecule has 0 bridgehead atoms. The Morgan fingerprint density at radius 2 is 1.53 bits per heavy atom. The second kappa shape index (κ2) is 7.74. The number of esters is 1. The summed E-state index contributed by atoms with van der Waals surface area (Å²) in [5.74, 6) is 0.795. The van der Waals surface area contributed by atoms with Crippen LogP contribution >= 0.6 is 0 Å². The van der Waals surface area contributed by atoms with Crippen molar-refractivity contribution in [2.24, 2.45) is 0 Å². The Hall–Kier alpha value is -3.48. The number of methoxy groups -OCH3 is 4. The highest BCUT2D eigenvalue weighted by Gasteiger charge is 2.33. The number of carbonyl (C=O) groups excluding carboxylic acids is 1. The summed E-state index contributed by atoms with van der Waals surface area (Å²) < 4.78 is 23.1. The van der Waals surface area contributed by atoms with Gasteiger partial charge in [-0.25, -0.2) is 4.79 Å². The van der Waals surface area contributed by atoms with Crippen LogP contribution in [0.25, 0.3) is 21.9 Å². The van der Waals surface area contributed by atoms with Crippen molar-refractivity contribution in [2.75, 3.05) is 28.4 Å². The molecule has 0 aliphatic heterocycles. The van der Waals surface area contributed by atoms with Crippen LogP contribution in [-0.4, -0.2) is 39.0 Å². The summed E-state index contributed by atoms with van der Waals surface area (Å²) in [6.45, 7) is 0. The van der Waals surface area contributed by atoms with Gasteiger partial charge < -0.3 is 18.9 Å². The number of pyridine rings is 1. The third-order valence-corrected chi connectivity index (χ3v) is 5.37. The lowest BCUT2D eigenvalue weighted by Gasteiger charge is -2.20. The van der Waals surface area contributed by atoms with E-state index >= 15 is 0 Å². The Labute approximate surface area is 173 Å². The predicted octanol–water partition coefficient (Wildman–Crippen LogP) is 3.82. The number of ether oxygens (including phenoxy) is 4. The molecule has 7 nitrogen and oxygen atoms in total. The molecule has 0 spiro atoms. The number of benzene rings is 2. The minimum Gasteiger partial charge on any atom is -0.493 e. The number of fused-ring (bicyclic) bond motifs is 1. The van der Waals surface area contributed by atoms with Gasteiger partial charge in [0, 0.05) is 17.0 Å². The highest BCUT2D eigenvalue weighted by Crippen LogP contribution is 2.45. The lowest BCUT2D eigenvalue weighted by Crippen LogP contribution is -2.27. The molecular formula is C23H23NO6. The first-order valence-corrected chi connectivity index (χ1v) is 9.61. The lowest BCUT2D eigenvalue weighted by atomic mass is 9.95. The molecular weight excluding hydrogens is 386 g/mol. The van der Waals surface area contributed by atoms with Gasteiger partial charge in [-0.3, -0.25) is 9.36 Å². The van der Waals surface area contributed by atoms with E-state index in [-0.39, 0.29) is 17.3 Å². The first-order valence-electron chi connectivity index (χ1n) is 9.61. The zero-order chi connectivity index (χ0) is 21.4. The number of hydrogen-bond acceptors (Lipinski definition) is 6. The molecule has 0 amide bonds. The Morgan fingerprint density at radius 3 is 2.03 bits per heavy atom. The number of hydrogen-bond donors (Lipinski definition) is 0. The Morgan fingerprint density at radius 1 is 0.933 bits per heavy atom. The second-order valence-electron chi connectivity index (χ2n) is 7.08. The quantitative estimate of drug-likeness (QED) is 0.576. The van der Waals surface area contributed by atoms with Crippen molar-refractivity contribution >= 4 is 16.7 Å². The fourth-order valence-corrected chi connectivity index (χ4v) is 3.86. The summed E-state index contributed by atoms with van der Waals surface area (Å²) >= 11 is 0. The van der Waals surface area contributed by atoms with Crippen LogP contribution in [0.4, 0.5) is 0 Å². The molecule has 0 saturated heterocycles. The number of aromatic nitrogens is 1. The van der Waals surface area contributed by atoms with Crippen LogP contribution in [0.1, 0.15) is 29.4 Å². The number of rotatable bonds is 6. The zero-order valence-electron chi connectivity index (χ0n) is 17.4. The summed E-state index contributed by atoms with van der Waals surface area (Å²) in [5.41, 5.74) is 1.31. The largest absolute Gasteiger partial charge is 0.493 e. The second-order valence-corrected chi connectivity index (χ2v) is 7.08. The van der Waals surface area contributed by atoms with Crippen LogP contribution in [0.2, 0.25) is 0 Å². The average molecular weight is 409 g/mol. The molecule has 2 aromatic carbocycles. The maximum Gasteiger partial charge on any atom is 0.355 e. The van der Waals surface area contributed by atoms with Crippen LogP contribution in [0.15, 0.2) is 41.2 Å². The highest BCUT2D eigenvalue weighted by atomic mass is 16.5. The van der Waals surface area contributed by atoms with E-state index in [0.29, 0.717) is 39.1 Å². The van der Waals surface area contributed by atoms with Crippen molar-refractivity contribution in [3.8, 4) is 28.4 Å². The molecule has 1 saturated carbocycles. The third kappa shape index (κ3) is 3.07. The molecule has 1 aliphatic carbocycles. The standard InChI is InChI=1S/C23H23NO6/c1-27-17-11-13(12-18(28-2)21(17)29-3)19-15-7-5-6-8-16(15)22(25)24(14-9-10-14)20(19)23(26)30-4/h5-8,11-12,14H,9-10H2,1-4H3. The van der Waals surface area contributed by atoms with E-state index in [2.05, 4.69) is 0 Å². The molecule has 1 aliphatic rings. The maximum absolute atomic E-state index is 13.3. The van der Waals surface area contributed by atoms with Gasteiger partial charge in [-0.2, -0.15) is 0 Å². The molecule has 0 unspecified atom stereocenters. The fourth-order valence-electron chi connectivity index (χ4n) is 3.86. The van der Waals surface area contributed by atoms with Crippen molar-refractivity contribution in [2.45, 2.75) is 18.9 Å². The number of nitrogens with zero attached hydrogens (tertiary/aromatic N) is 1. The monoisotopic (exact) mass is 409 g/mol. The lowest BCUT2D eigenvalue weighted by molar-refractivity contribution is 0.0588. The van der Waals surface area contributed by atoms with E-state index in [1.54, 1.807) is 22.8 Å². The molecule has 1 aromatic heterocycles. The molecule has 0 atom stereocenters. The van der Waals surface area contributed by atoms with E-state index in [0.717, 1.165) is 12.8 Å². The van der Waals surface area contributed by atoms with Crippen LogP contribution in [0.5, 0.6) is 17.2 Å². The molecule has 1 fully saturated rings. The van der Waals surface area contributed by atoms with Crippen LogP contribution in [0.3, 0.4) is 0 Å². The van der Waals surface area contributed by atoms with E-state index in [9.17, 15) is 9.59 Å². The van der Waals surface area contributed by atoms with Crippen LogP contribution < -0.4 is 19.8 Å². The first-order chi connectivity index (χ1) is 14.5. The molecule has 7 heteroatoms. The van der Waals surface area contributed by atoms with Gasteiger partial charge in [0.05, 0.1) is 28.4 Å². The minimum absolute atomic E-state index is 0.0167. The van der Waals surface area contributed by atoms with Gasteiger partial charge in [-0.1, -0.05) is 18.2 Å². The summed E-state index contributed by atoms with van der Waals surface area (Å²) in [6.07, 6.45) is 1.69. The topological polar surface area (TPSA) is 76.0 Å². The molecule has 30 heavy (non-hydrogen) atoms. The maximum atomic E-state index is 13.3. The van der Waals surface area contributed by atoms with Gasteiger partial charge in [0.1, 0.15) is 5.69 Å². The third-order valence-electron chi connectivity index (χ3n) is 5.37. The highest BCUT2D eigenvalue weighted by molar-refractivity contribution is 6.07.